The lowest BCUT2D eigenvalue weighted by molar-refractivity contribution is -0.121. The van der Waals surface area contributed by atoms with Gasteiger partial charge in [0.15, 0.2) is 0 Å². The Labute approximate surface area is 140 Å². The van der Waals surface area contributed by atoms with E-state index < -0.39 is 0 Å². The number of hydrogen-bond acceptors (Lipinski definition) is 5. The van der Waals surface area contributed by atoms with E-state index in [4.69, 9.17) is 0 Å². The Kier molecular flexibility index (Phi) is 4.83. The van der Waals surface area contributed by atoms with Crippen molar-refractivity contribution in [1.82, 2.24) is 34.4 Å². The molecule has 3 aromatic heterocycles. The lowest BCUT2D eigenvalue weighted by Crippen LogP contribution is -2.25. The van der Waals surface area contributed by atoms with Gasteiger partial charge in [-0.15, -0.1) is 0 Å². The maximum absolute atomic E-state index is 12.0. The van der Waals surface area contributed by atoms with Gasteiger partial charge in [-0.05, 0) is 32.3 Å². The molecule has 0 aliphatic heterocycles. The molecule has 1 N–H and O–H groups in total. The zero-order valence-electron chi connectivity index (χ0n) is 13.9. The lowest BCUT2D eigenvalue weighted by Gasteiger charge is -2.10. The summed E-state index contributed by atoms with van der Waals surface area (Å²) in [6, 6.07) is 0. The zero-order chi connectivity index (χ0) is 16.9. The van der Waals surface area contributed by atoms with Crippen molar-refractivity contribution in [2.75, 3.05) is 6.54 Å². The van der Waals surface area contributed by atoms with Crippen LogP contribution in [0.4, 0.5) is 0 Å². The first-order valence-corrected chi connectivity index (χ1v) is 8.03. The van der Waals surface area contributed by atoms with Gasteiger partial charge >= 0.3 is 0 Å². The lowest BCUT2D eigenvalue weighted by atomic mass is 10.1. The SMILES string of the molecule is Cc1nc2ncnn2c(C)c1CCC(=O)NCCCn1ccnc1. The molecule has 8 nitrogen and oxygen atoms in total. The summed E-state index contributed by atoms with van der Waals surface area (Å²) >= 11 is 0. The van der Waals surface area contributed by atoms with E-state index in [9.17, 15) is 4.79 Å². The van der Waals surface area contributed by atoms with Gasteiger partial charge in [-0.25, -0.2) is 14.5 Å². The molecule has 0 saturated heterocycles. The van der Waals surface area contributed by atoms with Gasteiger partial charge in [0.05, 0.1) is 6.33 Å². The molecule has 0 atom stereocenters. The quantitative estimate of drug-likeness (QED) is 0.656. The van der Waals surface area contributed by atoms with E-state index in [2.05, 4.69) is 25.4 Å². The van der Waals surface area contributed by atoms with Gasteiger partial charge in [-0.1, -0.05) is 0 Å². The normalized spacial score (nSPS) is 11.1. The van der Waals surface area contributed by atoms with Crippen LogP contribution in [0.25, 0.3) is 5.78 Å². The molecule has 0 aliphatic rings. The summed E-state index contributed by atoms with van der Waals surface area (Å²) in [5.41, 5.74) is 2.95. The maximum atomic E-state index is 12.0. The minimum Gasteiger partial charge on any atom is -0.356 e. The van der Waals surface area contributed by atoms with E-state index in [0.29, 0.717) is 25.2 Å². The van der Waals surface area contributed by atoms with Crippen LogP contribution < -0.4 is 5.32 Å². The van der Waals surface area contributed by atoms with Crippen LogP contribution >= 0.6 is 0 Å². The monoisotopic (exact) mass is 327 g/mol. The van der Waals surface area contributed by atoms with Gasteiger partial charge in [0.25, 0.3) is 5.78 Å². The van der Waals surface area contributed by atoms with E-state index in [0.717, 1.165) is 29.9 Å². The summed E-state index contributed by atoms with van der Waals surface area (Å²) in [4.78, 5) is 24.5. The van der Waals surface area contributed by atoms with E-state index in [1.807, 2.05) is 24.6 Å². The summed E-state index contributed by atoms with van der Waals surface area (Å²) in [6.07, 6.45) is 8.91. The molecular weight excluding hydrogens is 306 g/mol. The fraction of sp³-hybridized carbons (Fsp3) is 0.438. The van der Waals surface area contributed by atoms with E-state index in [1.54, 1.807) is 17.0 Å². The van der Waals surface area contributed by atoms with Crippen LogP contribution in [0, 0.1) is 13.8 Å². The van der Waals surface area contributed by atoms with Crippen molar-refractivity contribution in [3.8, 4) is 0 Å². The Morgan fingerprint density at radius 1 is 1.33 bits per heavy atom. The smallest absolute Gasteiger partial charge is 0.252 e. The molecule has 24 heavy (non-hydrogen) atoms. The molecule has 0 bridgehead atoms. The second-order valence-electron chi connectivity index (χ2n) is 5.74. The van der Waals surface area contributed by atoms with Gasteiger partial charge in [0, 0.05) is 43.3 Å². The number of aryl methyl sites for hydroxylation is 3. The summed E-state index contributed by atoms with van der Waals surface area (Å²) < 4.78 is 3.71. The highest BCUT2D eigenvalue weighted by Gasteiger charge is 2.12. The van der Waals surface area contributed by atoms with Crippen LogP contribution in [0.3, 0.4) is 0 Å². The van der Waals surface area contributed by atoms with Crippen LogP contribution in [-0.2, 0) is 17.8 Å². The Hall–Kier alpha value is -2.77. The Morgan fingerprint density at radius 3 is 3.00 bits per heavy atom. The van der Waals surface area contributed by atoms with Crippen LogP contribution in [-0.4, -0.2) is 41.6 Å². The Morgan fingerprint density at radius 2 is 2.21 bits per heavy atom. The number of nitrogens with one attached hydrogen (secondary N) is 1. The number of hydrogen-bond donors (Lipinski definition) is 1. The minimum atomic E-state index is 0.0538. The molecule has 3 aromatic rings. The molecule has 0 aromatic carbocycles. The molecule has 1 amide bonds. The highest BCUT2D eigenvalue weighted by Crippen LogP contribution is 2.14. The van der Waals surface area contributed by atoms with E-state index in [-0.39, 0.29) is 5.91 Å². The molecule has 3 heterocycles. The topological polar surface area (TPSA) is 90.0 Å². The van der Waals surface area contributed by atoms with Gasteiger partial charge in [-0.3, -0.25) is 4.79 Å². The maximum Gasteiger partial charge on any atom is 0.252 e. The summed E-state index contributed by atoms with van der Waals surface area (Å²) in [7, 11) is 0. The first kappa shape index (κ1) is 16.1. The van der Waals surface area contributed by atoms with Crippen LogP contribution in [0.2, 0.25) is 0 Å². The molecular formula is C16H21N7O. The predicted molar refractivity (Wildman–Crippen MR) is 88.4 cm³/mol. The van der Waals surface area contributed by atoms with Gasteiger partial charge in [-0.2, -0.15) is 10.1 Å². The molecule has 0 fully saturated rings. The van der Waals surface area contributed by atoms with Crippen molar-refractivity contribution in [2.45, 2.75) is 39.7 Å². The second-order valence-corrected chi connectivity index (χ2v) is 5.74. The third-order valence-corrected chi connectivity index (χ3v) is 4.07. The van der Waals surface area contributed by atoms with E-state index >= 15 is 0 Å². The van der Waals surface area contributed by atoms with Crippen molar-refractivity contribution in [3.63, 3.8) is 0 Å². The average molecular weight is 327 g/mol. The molecule has 0 spiro atoms. The predicted octanol–water partition coefficient (Wildman–Crippen LogP) is 1.08. The fourth-order valence-electron chi connectivity index (χ4n) is 2.75. The zero-order valence-corrected chi connectivity index (χ0v) is 13.9. The first-order valence-electron chi connectivity index (χ1n) is 8.03. The van der Waals surface area contributed by atoms with Crippen LogP contribution in [0.15, 0.2) is 25.0 Å². The minimum absolute atomic E-state index is 0.0538. The van der Waals surface area contributed by atoms with Gasteiger partial charge in [0.1, 0.15) is 6.33 Å². The summed E-state index contributed by atoms with van der Waals surface area (Å²) in [5.74, 6) is 0.649. The highest BCUT2D eigenvalue weighted by molar-refractivity contribution is 5.76. The molecule has 0 radical (unpaired) electrons. The summed E-state index contributed by atoms with van der Waals surface area (Å²) in [6.45, 7) is 5.44. The van der Waals surface area contributed by atoms with Gasteiger partial charge in [0.2, 0.25) is 5.91 Å². The van der Waals surface area contributed by atoms with Crippen LogP contribution in [0.5, 0.6) is 0 Å². The van der Waals surface area contributed by atoms with Crippen molar-refractivity contribution in [3.05, 3.63) is 42.0 Å². The number of fused-ring (bicyclic) bond motifs is 1. The summed E-state index contributed by atoms with van der Waals surface area (Å²) in [5, 5.41) is 7.13. The van der Waals surface area contributed by atoms with E-state index in [1.165, 1.54) is 6.33 Å². The van der Waals surface area contributed by atoms with Gasteiger partial charge < -0.3 is 9.88 Å². The highest BCUT2D eigenvalue weighted by atomic mass is 16.1. The molecule has 3 rings (SSSR count). The van der Waals surface area contributed by atoms with Crippen molar-refractivity contribution in [1.29, 1.82) is 0 Å². The van der Waals surface area contributed by atoms with Crippen molar-refractivity contribution in [2.24, 2.45) is 0 Å². The molecule has 8 heteroatoms. The van der Waals surface area contributed by atoms with Crippen molar-refractivity contribution >= 4 is 11.7 Å². The second kappa shape index (κ2) is 7.20. The average Bonchev–Trinajstić information content (AvgIpc) is 3.22. The number of rotatable bonds is 7. The number of aromatic nitrogens is 6. The largest absolute Gasteiger partial charge is 0.356 e. The van der Waals surface area contributed by atoms with Crippen LogP contribution in [0.1, 0.15) is 29.8 Å². The van der Waals surface area contributed by atoms with Crippen molar-refractivity contribution < 1.29 is 4.79 Å². The standard InChI is InChI=1S/C16H21N7O/c1-12-14(13(2)23-16(21-12)19-10-20-23)4-5-15(24)18-6-3-8-22-9-7-17-11-22/h7,9-11H,3-6,8H2,1-2H3,(H,18,24). The third-order valence-electron chi connectivity index (χ3n) is 4.07. The molecule has 0 aliphatic carbocycles. The Bertz CT molecular complexity index is 822. The molecule has 126 valence electrons. The number of nitrogens with zero attached hydrogens (tertiary/aromatic N) is 6. The molecule has 0 saturated carbocycles. The number of carbonyl (C=O) groups is 1. The fourth-order valence-corrected chi connectivity index (χ4v) is 2.75. The number of carbonyl (C=O) groups excluding carboxylic acids is 1. The molecule has 0 unspecified atom stereocenters. The number of amides is 1. The third kappa shape index (κ3) is 3.58. The number of imidazole rings is 1. The first-order chi connectivity index (χ1) is 11.6. The Balaban J connectivity index is 1.49.